The molecule has 2 unspecified atom stereocenters. The minimum Gasteiger partial charge on any atom is -0.393 e. The van der Waals surface area contributed by atoms with Crippen LogP contribution in [0.4, 0.5) is 0 Å². The van der Waals surface area contributed by atoms with Crippen LogP contribution in [0.1, 0.15) is 38.9 Å². The van der Waals surface area contributed by atoms with Gasteiger partial charge in [-0.1, -0.05) is 44.2 Å². The van der Waals surface area contributed by atoms with Gasteiger partial charge >= 0.3 is 0 Å². The van der Waals surface area contributed by atoms with Gasteiger partial charge in [-0.3, -0.25) is 4.79 Å². The fourth-order valence-electron chi connectivity index (χ4n) is 2.31. The summed E-state index contributed by atoms with van der Waals surface area (Å²) in [6, 6.07) is 9.40. The molecule has 2 atom stereocenters. The van der Waals surface area contributed by atoms with Crippen LogP contribution in [0, 0.1) is 5.41 Å². The van der Waals surface area contributed by atoms with Gasteiger partial charge in [0.05, 0.1) is 6.10 Å². The molecule has 0 fully saturated rings. The second-order valence-electron chi connectivity index (χ2n) is 5.96. The van der Waals surface area contributed by atoms with Gasteiger partial charge in [-0.05, 0) is 24.3 Å². The van der Waals surface area contributed by atoms with Crippen LogP contribution < -0.4 is 5.32 Å². The summed E-state index contributed by atoms with van der Waals surface area (Å²) in [6.07, 6.45) is -0.344. The number of nitrogens with one attached hydrogen (secondary N) is 1. The monoisotopic (exact) mass is 279 g/mol. The van der Waals surface area contributed by atoms with Crippen molar-refractivity contribution in [1.82, 2.24) is 5.32 Å². The molecule has 112 valence electrons. The van der Waals surface area contributed by atoms with E-state index in [0.717, 1.165) is 5.56 Å². The second kappa shape index (κ2) is 7.41. The third-order valence-corrected chi connectivity index (χ3v) is 3.17. The molecule has 1 amide bonds. The average Bonchev–Trinajstić information content (AvgIpc) is 2.37. The van der Waals surface area contributed by atoms with Gasteiger partial charge in [-0.2, -0.15) is 0 Å². The Labute approximate surface area is 121 Å². The van der Waals surface area contributed by atoms with E-state index in [1.807, 2.05) is 44.2 Å². The lowest BCUT2D eigenvalue weighted by atomic mass is 9.87. The number of aliphatic hydroxyl groups is 1. The summed E-state index contributed by atoms with van der Waals surface area (Å²) >= 11 is 0. The predicted molar refractivity (Wildman–Crippen MR) is 79.3 cm³/mol. The zero-order valence-electron chi connectivity index (χ0n) is 12.7. The maximum atomic E-state index is 12.2. The first-order chi connectivity index (χ1) is 9.35. The molecule has 1 rings (SSSR count). The van der Waals surface area contributed by atoms with Crippen LogP contribution in [0.3, 0.4) is 0 Å². The highest BCUT2D eigenvalue weighted by atomic mass is 16.5. The Hall–Kier alpha value is -1.39. The maximum Gasteiger partial charge on any atom is 0.253 e. The van der Waals surface area contributed by atoms with E-state index in [0.29, 0.717) is 13.0 Å². The number of rotatable bonds is 7. The number of aliphatic hydroxyl groups excluding tert-OH is 1. The Morgan fingerprint density at radius 1 is 1.35 bits per heavy atom. The van der Waals surface area contributed by atoms with E-state index in [2.05, 4.69) is 5.32 Å². The van der Waals surface area contributed by atoms with E-state index in [-0.39, 0.29) is 17.4 Å². The summed E-state index contributed by atoms with van der Waals surface area (Å²) in [5, 5.41) is 12.4. The Balaban J connectivity index is 2.61. The molecular weight excluding hydrogens is 254 g/mol. The number of ether oxygens (including phenoxy) is 1. The van der Waals surface area contributed by atoms with Gasteiger partial charge in [0.15, 0.2) is 6.10 Å². The van der Waals surface area contributed by atoms with Gasteiger partial charge in [0.1, 0.15) is 0 Å². The summed E-state index contributed by atoms with van der Waals surface area (Å²) in [4.78, 5) is 12.2. The predicted octanol–water partition coefficient (Wildman–Crippen LogP) is 2.29. The molecule has 0 aliphatic rings. The molecule has 0 aliphatic heterocycles. The van der Waals surface area contributed by atoms with Crippen LogP contribution in [0.2, 0.25) is 0 Å². The first kappa shape index (κ1) is 16.7. The summed E-state index contributed by atoms with van der Waals surface area (Å²) < 4.78 is 5.28. The Morgan fingerprint density at radius 2 is 1.95 bits per heavy atom. The molecule has 0 aliphatic carbocycles. The van der Waals surface area contributed by atoms with Crippen LogP contribution >= 0.6 is 0 Å². The highest BCUT2D eigenvalue weighted by molar-refractivity contribution is 5.82. The molecular formula is C16H25NO3. The molecule has 0 radical (unpaired) electrons. The van der Waals surface area contributed by atoms with Crippen molar-refractivity contribution in [3.05, 3.63) is 35.9 Å². The fourth-order valence-corrected chi connectivity index (χ4v) is 2.31. The summed E-state index contributed by atoms with van der Waals surface area (Å²) in [5.41, 5.74) is 0.680. The zero-order valence-corrected chi connectivity index (χ0v) is 12.7. The Kier molecular flexibility index (Phi) is 6.17. The van der Waals surface area contributed by atoms with Gasteiger partial charge in [0.2, 0.25) is 0 Å². The molecule has 20 heavy (non-hydrogen) atoms. The molecule has 4 heteroatoms. The lowest BCUT2D eigenvalue weighted by Gasteiger charge is -2.27. The van der Waals surface area contributed by atoms with Crippen molar-refractivity contribution in [2.24, 2.45) is 5.41 Å². The van der Waals surface area contributed by atoms with Gasteiger partial charge in [0.25, 0.3) is 5.91 Å². The van der Waals surface area contributed by atoms with Gasteiger partial charge in [-0.25, -0.2) is 0 Å². The summed E-state index contributed by atoms with van der Waals surface area (Å²) in [7, 11) is 1.53. The van der Waals surface area contributed by atoms with Gasteiger partial charge < -0.3 is 15.2 Å². The van der Waals surface area contributed by atoms with E-state index in [1.165, 1.54) is 7.11 Å². The maximum absolute atomic E-state index is 12.2. The van der Waals surface area contributed by atoms with Crippen LogP contribution in [0.15, 0.2) is 30.3 Å². The largest absolute Gasteiger partial charge is 0.393 e. The normalized spacial score (nSPS) is 14.7. The van der Waals surface area contributed by atoms with E-state index >= 15 is 0 Å². The second-order valence-corrected chi connectivity index (χ2v) is 5.96. The van der Waals surface area contributed by atoms with Crippen molar-refractivity contribution in [3.63, 3.8) is 0 Å². The topological polar surface area (TPSA) is 58.6 Å². The van der Waals surface area contributed by atoms with E-state index in [1.54, 1.807) is 6.92 Å². The van der Waals surface area contributed by atoms with Crippen LogP contribution in [-0.4, -0.2) is 30.8 Å². The SMILES string of the molecule is COC(C(=O)NCC(C)(C)CC(C)O)c1ccccc1. The summed E-state index contributed by atoms with van der Waals surface area (Å²) in [6.45, 7) is 6.30. The van der Waals surface area contributed by atoms with Crippen molar-refractivity contribution in [2.75, 3.05) is 13.7 Å². The Morgan fingerprint density at radius 3 is 2.45 bits per heavy atom. The number of methoxy groups -OCH3 is 1. The molecule has 0 heterocycles. The van der Waals surface area contributed by atoms with Gasteiger partial charge in [-0.15, -0.1) is 0 Å². The van der Waals surface area contributed by atoms with E-state index in [4.69, 9.17) is 4.74 Å². The minimum atomic E-state index is -0.599. The van der Waals surface area contributed by atoms with Crippen LogP contribution in [0.25, 0.3) is 0 Å². The smallest absolute Gasteiger partial charge is 0.253 e. The number of benzene rings is 1. The highest BCUT2D eigenvalue weighted by Gasteiger charge is 2.24. The third kappa shape index (κ3) is 5.31. The fraction of sp³-hybridized carbons (Fsp3) is 0.562. The first-order valence-corrected chi connectivity index (χ1v) is 6.89. The molecule has 0 bridgehead atoms. The molecule has 2 N–H and O–H groups in total. The minimum absolute atomic E-state index is 0.154. The number of hydrogen-bond acceptors (Lipinski definition) is 3. The molecule has 0 spiro atoms. The number of hydrogen-bond donors (Lipinski definition) is 2. The zero-order chi connectivity index (χ0) is 15.2. The third-order valence-electron chi connectivity index (χ3n) is 3.17. The number of carbonyl (C=O) groups excluding carboxylic acids is 1. The molecule has 0 saturated heterocycles. The molecule has 0 aromatic heterocycles. The number of carbonyl (C=O) groups is 1. The van der Waals surface area contributed by atoms with Crippen molar-refractivity contribution in [2.45, 2.75) is 39.4 Å². The van der Waals surface area contributed by atoms with E-state index in [9.17, 15) is 9.90 Å². The van der Waals surface area contributed by atoms with Crippen molar-refractivity contribution in [1.29, 1.82) is 0 Å². The summed E-state index contributed by atoms with van der Waals surface area (Å²) in [5.74, 6) is -0.155. The lowest BCUT2D eigenvalue weighted by Crippen LogP contribution is -2.38. The Bertz CT molecular complexity index is 415. The number of amides is 1. The van der Waals surface area contributed by atoms with Crippen molar-refractivity contribution >= 4 is 5.91 Å². The van der Waals surface area contributed by atoms with Crippen molar-refractivity contribution in [3.8, 4) is 0 Å². The van der Waals surface area contributed by atoms with Crippen molar-refractivity contribution < 1.29 is 14.6 Å². The highest BCUT2D eigenvalue weighted by Crippen LogP contribution is 2.22. The van der Waals surface area contributed by atoms with E-state index < -0.39 is 6.10 Å². The van der Waals surface area contributed by atoms with Crippen LogP contribution in [0.5, 0.6) is 0 Å². The molecule has 4 nitrogen and oxygen atoms in total. The quantitative estimate of drug-likeness (QED) is 0.805. The first-order valence-electron chi connectivity index (χ1n) is 6.89. The average molecular weight is 279 g/mol. The standard InChI is InChI=1S/C16H25NO3/c1-12(18)10-16(2,3)11-17-15(19)14(20-4)13-8-6-5-7-9-13/h5-9,12,14,18H,10-11H2,1-4H3,(H,17,19). The molecule has 1 aromatic carbocycles. The van der Waals surface area contributed by atoms with Crippen LogP contribution in [-0.2, 0) is 9.53 Å². The molecule has 1 aromatic rings. The molecule has 0 saturated carbocycles. The lowest BCUT2D eigenvalue weighted by molar-refractivity contribution is -0.132. The van der Waals surface area contributed by atoms with Gasteiger partial charge in [0, 0.05) is 13.7 Å².